The highest BCUT2D eigenvalue weighted by atomic mass is 19.3. The molecule has 0 fully saturated rings. The zero-order valence-electron chi connectivity index (χ0n) is 15.6. The predicted octanol–water partition coefficient (Wildman–Crippen LogP) is 4.93. The Morgan fingerprint density at radius 1 is 1.23 bits per heavy atom. The third-order valence-electron chi connectivity index (χ3n) is 5.29. The Balaban J connectivity index is 2.13. The maximum atomic E-state index is 13.8. The highest BCUT2D eigenvalue weighted by molar-refractivity contribution is 5.74. The lowest BCUT2D eigenvalue weighted by atomic mass is 9.91. The first-order chi connectivity index (χ1) is 12.4. The number of halogens is 2. The number of hydrogen-bond acceptors (Lipinski definition) is 2. The van der Waals surface area contributed by atoms with Crippen LogP contribution in [-0.2, 0) is 13.5 Å². The molecule has 0 amide bonds. The van der Waals surface area contributed by atoms with Gasteiger partial charge in [0.25, 0.3) is 12.0 Å². The Kier molecular flexibility index (Phi) is 5.44. The molecule has 1 aromatic carbocycles. The summed E-state index contributed by atoms with van der Waals surface area (Å²) in [7, 11) is 1.65. The first-order valence-electron chi connectivity index (χ1n) is 9.31. The molecule has 1 aliphatic rings. The second kappa shape index (κ2) is 7.60. The maximum Gasteiger partial charge on any atom is 0.264 e. The number of fused-ring (bicyclic) bond motifs is 1. The van der Waals surface area contributed by atoms with E-state index in [2.05, 4.69) is 18.7 Å². The van der Waals surface area contributed by atoms with Gasteiger partial charge in [-0.3, -0.25) is 4.79 Å². The lowest BCUT2D eigenvalue weighted by Gasteiger charge is -2.37. The molecule has 1 aromatic heterocycles. The van der Waals surface area contributed by atoms with Crippen molar-refractivity contribution in [3.8, 4) is 11.1 Å². The molecule has 0 saturated heterocycles. The van der Waals surface area contributed by atoms with Gasteiger partial charge in [0.1, 0.15) is 0 Å². The van der Waals surface area contributed by atoms with Gasteiger partial charge in [-0.2, -0.15) is 0 Å². The van der Waals surface area contributed by atoms with Crippen molar-refractivity contribution in [2.75, 3.05) is 11.4 Å². The van der Waals surface area contributed by atoms with E-state index in [0.717, 1.165) is 43.5 Å². The van der Waals surface area contributed by atoms with Gasteiger partial charge >= 0.3 is 0 Å². The SMILES string of the molecule is CCCC(C)N1CCCc2cc(-c3ccn(C)c(=O)c3)c(C(F)F)cc21. The fourth-order valence-electron chi connectivity index (χ4n) is 3.86. The van der Waals surface area contributed by atoms with Crippen LogP contribution in [0.5, 0.6) is 0 Å². The number of nitrogens with zero attached hydrogens (tertiary/aromatic N) is 2. The Hall–Kier alpha value is -2.17. The summed E-state index contributed by atoms with van der Waals surface area (Å²) in [4.78, 5) is 14.2. The van der Waals surface area contributed by atoms with Crippen LogP contribution in [0.1, 0.15) is 50.7 Å². The average Bonchev–Trinajstić information content (AvgIpc) is 2.62. The lowest BCUT2D eigenvalue weighted by molar-refractivity contribution is 0.152. The fourth-order valence-corrected chi connectivity index (χ4v) is 3.86. The number of rotatable bonds is 5. The van der Waals surface area contributed by atoms with E-state index in [4.69, 9.17) is 0 Å². The Morgan fingerprint density at radius 3 is 2.65 bits per heavy atom. The van der Waals surface area contributed by atoms with E-state index >= 15 is 0 Å². The van der Waals surface area contributed by atoms with E-state index in [9.17, 15) is 13.6 Å². The molecule has 1 atom stereocenters. The fraction of sp³-hybridized carbons (Fsp3) is 0.476. The van der Waals surface area contributed by atoms with Crippen molar-refractivity contribution in [1.29, 1.82) is 0 Å². The van der Waals surface area contributed by atoms with Gasteiger partial charge in [-0.15, -0.1) is 0 Å². The zero-order valence-corrected chi connectivity index (χ0v) is 15.6. The monoisotopic (exact) mass is 360 g/mol. The molecule has 140 valence electrons. The summed E-state index contributed by atoms with van der Waals surface area (Å²) in [6.45, 7) is 5.21. The highest BCUT2D eigenvalue weighted by Gasteiger charge is 2.25. The molecule has 0 saturated carbocycles. The predicted molar refractivity (Wildman–Crippen MR) is 102 cm³/mol. The number of aryl methyl sites for hydroxylation is 2. The van der Waals surface area contributed by atoms with Gasteiger partial charge in [0.2, 0.25) is 0 Å². The van der Waals surface area contributed by atoms with Gasteiger partial charge in [-0.25, -0.2) is 8.78 Å². The van der Waals surface area contributed by atoms with Crippen molar-refractivity contribution in [3.05, 3.63) is 51.9 Å². The van der Waals surface area contributed by atoms with Gasteiger partial charge in [0.05, 0.1) is 0 Å². The number of alkyl halides is 2. The van der Waals surface area contributed by atoms with E-state index in [1.165, 1.54) is 10.6 Å². The smallest absolute Gasteiger partial charge is 0.264 e. The van der Waals surface area contributed by atoms with Crippen LogP contribution >= 0.6 is 0 Å². The van der Waals surface area contributed by atoms with E-state index in [1.807, 2.05) is 6.07 Å². The van der Waals surface area contributed by atoms with Crippen molar-refractivity contribution >= 4 is 5.69 Å². The maximum absolute atomic E-state index is 13.8. The molecule has 1 unspecified atom stereocenters. The molecular weight excluding hydrogens is 334 g/mol. The van der Waals surface area contributed by atoms with Gasteiger partial charge in [-0.1, -0.05) is 13.3 Å². The highest BCUT2D eigenvalue weighted by Crippen LogP contribution is 2.39. The zero-order chi connectivity index (χ0) is 18.8. The molecule has 3 nitrogen and oxygen atoms in total. The van der Waals surface area contributed by atoms with Gasteiger partial charge in [0, 0.05) is 43.1 Å². The standard InChI is InChI=1S/C21H26F2N2O/c1-4-6-14(2)25-9-5-7-16-11-17(18(21(22)23)13-19(16)25)15-8-10-24(3)20(26)12-15/h8,10-14,21H,4-7,9H2,1-3H3. The quantitative estimate of drug-likeness (QED) is 0.755. The summed E-state index contributed by atoms with van der Waals surface area (Å²) in [6.07, 6.45) is 3.06. The van der Waals surface area contributed by atoms with Crippen LogP contribution in [0.3, 0.4) is 0 Å². The largest absolute Gasteiger partial charge is 0.369 e. The van der Waals surface area contributed by atoms with Crippen molar-refractivity contribution in [2.24, 2.45) is 7.05 Å². The van der Waals surface area contributed by atoms with Crippen molar-refractivity contribution in [2.45, 2.75) is 52.0 Å². The van der Waals surface area contributed by atoms with E-state index < -0.39 is 6.43 Å². The number of anilines is 1. The first kappa shape index (κ1) is 18.6. The van der Waals surface area contributed by atoms with Crippen LogP contribution in [0.15, 0.2) is 35.3 Å². The van der Waals surface area contributed by atoms with Gasteiger partial charge in [-0.05, 0) is 61.1 Å². The Labute approximate surface area is 153 Å². The summed E-state index contributed by atoms with van der Waals surface area (Å²) in [6, 6.07) is 7.03. The molecule has 2 heterocycles. The summed E-state index contributed by atoms with van der Waals surface area (Å²) in [5, 5.41) is 0. The summed E-state index contributed by atoms with van der Waals surface area (Å²) < 4.78 is 29.1. The molecule has 0 spiro atoms. The number of pyridine rings is 1. The minimum absolute atomic E-state index is 0.00704. The number of aromatic nitrogens is 1. The molecule has 0 radical (unpaired) electrons. The minimum atomic E-state index is -2.58. The molecule has 26 heavy (non-hydrogen) atoms. The van der Waals surface area contributed by atoms with Crippen LogP contribution in [0.4, 0.5) is 14.5 Å². The van der Waals surface area contributed by atoms with Crippen LogP contribution in [0, 0.1) is 0 Å². The van der Waals surface area contributed by atoms with Gasteiger partial charge in [0.15, 0.2) is 0 Å². The summed E-state index contributed by atoms with van der Waals surface area (Å²) in [5.41, 5.74) is 2.87. The van der Waals surface area contributed by atoms with E-state index in [0.29, 0.717) is 17.2 Å². The second-order valence-electron chi connectivity index (χ2n) is 7.17. The normalized spacial score (nSPS) is 15.2. The molecule has 3 rings (SSSR count). The molecule has 0 N–H and O–H groups in total. The van der Waals surface area contributed by atoms with Crippen molar-refractivity contribution < 1.29 is 8.78 Å². The summed E-state index contributed by atoms with van der Waals surface area (Å²) >= 11 is 0. The topological polar surface area (TPSA) is 25.2 Å². The third-order valence-corrected chi connectivity index (χ3v) is 5.29. The Morgan fingerprint density at radius 2 is 2.00 bits per heavy atom. The van der Waals surface area contributed by atoms with Crippen LogP contribution in [0.25, 0.3) is 11.1 Å². The summed E-state index contributed by atoms with van der Waals surface area (Å²) in [5.74, 6) is 0. The van der Waals surface area contributed by atoms with Crippen LogP contribution in [-0.4, -0.2) is 17.2 Å². The number of benzene rings is 1. The Bertz CT molecular complexity index is 844. The van der Waals surface area contributed by atoms with E-state index in [-0.39, 0.29) is 11.1 Å². The second-order valence-corrected chi connectivity index (χ2v) is 7.17. The molecule has 1 aliphatic heterocycles. The van der Waals surface area contributed by atoms with Gasteiger partial charge < -0.3 is 9.47 Å². The lowest BCUT2D eigenvalue weighted by Crippen LogP contribution is -2.37. The molecule has 0 bridgehead atoms. The van der Waals surface area contributed by atoms with Crippen LogP contribution in [0.2, 0.25) is 0 Å². The molecule has 5 heteroatoms. The van der Waals surface area contributed by atoms with Crippen LogP contribution < -0.4 is 10.5 Å². The molecule has 2 aromatic rings. The van der Waals surface area contributed by atoms with Crippen molar-refractivity contribution in [1.82, 2.24) is 4.57 Å². The minimum Gasteiger partial charge on any atom is -0.369 e. The third kappa shape index (κ3) is 3.53. The average molecular weight is 360 g/mol. The van der Waals surface area contributed by atoms with Crippen molar-refractivity contribution in [3.63, 3.8) is 0 Å². The molecule has 0 aliphatic carbocycles. The first-order valence-corrected chi connectivity index (χ1v) is 9.31. The number of hydrogen-bond donors (Lipinski definition) is 0. The van der Waals surface area contributed by atoms with E-state index in [1.54, 1.807) is 25.4 Å². The molecular formula is C21H26F2N2O.